The van der Waals surface area contributed by atoms with Crippen LogP contribution in [0, 0.1) is 5.82 Å². The molecule has 0 aromatic heterocycles. The summed E-state index contributed by atoms with van der Waals surface area (Å²) in [6.45, 7) is 2.26. The molecule has 128 valence electrons. The fourth-order valence-corrected chi connectivity index (χ4v) is 2.21. The number of rotatable bonds is 8. The van der Waals surface area contributed by atoms with Crippen LogP contribution in [0.1, 0.15) is 18.9 Å². The third-order valence-corrected chi connectivity index (χ3v) is 3.60. The maximum Gasteiger partial charge on any atom is 0.260 e. The van der Waals surface area contributed by atoms with Crippen molar-refractivity contribution in [3.05, 3.63) is 59.9 Å². The smallest absolute Gasteiger partial charge is 0.260 e. The number of carbonyl (C=O) groups excluding carboxylic acids is 1. The Morgan fingerprint density at radius 1 is 1.08 bits per heavy atom. The fourth-order valence-electron chi connectivity index (χ4n) is 2.21. The monoisotopic (exact) mass is 331 g/mol. The Morgan fingerprint density at radius 3 is 2.33 bits per heavy atom. The molecule has 0 saturated heterocycles. The number of amides is 1. The molecule has 0 bridgehead atoms. The van der Waals surface area contributed by atoms with Crippen LogP contribution in [0.15, 0.2) is 48.5 Å². The predicted molar refractivity (Wildman–Crippen MR) is 90.8 cm³/mol. The Labute approximate surface area is 141 Å². The molecule has 1 amide bonds. The Kier molecular flexibility index (Phi) is 6.61. The Balaban J connectivity index is 1.70. The number of hydrogen-bond acceptors (Lipinski definition) is 3. The maximum absolute atomic E-state index is 12.8. The largest absolute Gasteiger partial charge is 0.497 e. The fraction of sp³-hybridized carbons (Fsp3) is 0.316. The van der Waals surface area contributed by atoms with Gasteiger partial charge in [-0.15, -0.1) is 0 Å². The lowest BCUT2D eigenvalue weighted by Gasteiger charge is -2.15. The maximum atomic E-state index is 12.8. The zero-order chi connectivity index (χ0) is 17.4. The number of halogens is 1. The van der Waals surface area contributed by atoms with Gasteiger partial charge in [-0.25, -0.2) is 4.39 Å². The van der Waals surface area contributed by atoms with Crippen molar-refractivity contribution in [1.29, 1.82) is 0 Å². The first kappa shape index (κ1) is 17.8. The second kappa shape index (κ2) is 8.91. The topological polar surface area (TPSA) is 47.6 Å². The molecular formula is C19H22FNO3. The van der Waals surface area contributed by atoms with Gasteiger partial charge in [0.1, 0.15) is 17.3 Å². The van der Waals surface area contributed by atoms with Crippen molar-refractivity contribution in [2.75, 3.05) is 13.7 Å². The minimum atomic E-state index is -0.579. The van der Waals surface area contributed by atoms with E-state index >= 15 is 0 Å². The molecule has 2 aromatic carbocycles. The molecular weight excluding hydrogens is 309 g/mol. The number of aryl methyl sites for hydroxylation is 1. The average molecular weight is 331 g/mol. The Morgan fingerprint density at radius 2 is 1.71 bits per heavy atom. The summed E-state index contributed by atoms with van der Waals surface area (Å²) >= 11 is 0. The van der Waals surface area contributed by atoms with Crippen LogP contribution in [0.3, 0.4) is 0 Å². The summed E-state index contributed by atoms with van der Waals surface area (Å²) in [5.74, 6) is 0.950. The van der Waals surface area contributed by atoms with Crippen molar-refractivity contribution >= 4 is 5.91 Å². The number of carbonyl (C=O) groups is 1. The average Bonchev–Trinajstić information content (AvgIpc) is 2.60. The zero-order valence-corrected chi connectivity index (χ0v) is 13.9. The van der Waals surface area contributed by atoms with Gasteiger partial charge in [-0.05, 0) is 61.7 Å². The second-order valence-electron chi connectivity index (χ2n) is 5.46. The van der Waals surface area contributed by atoms with Crippen LogP contribution >= 0.6 is 0 Å². The first-order chi connectivity index (χ1) is 11.6. The van der Waals surface area contributed by atoms with E-state index in [9.17, 15) is 9.18 Å². The molecule has 1 atom stereocenters. The predicted octanol–water partition coefficient (Wildman–Crippen LogP) is 3.35. The summed E-state index contributed by atoms with van der Waals surface area (Å²) in [6, 6.07) is 13.5. The molecule has 0 fully saturated rings. The van der Waals surface area contributed by atoms with Crippen molar-refractivity contribution in [3.63, 3.8) is 0 Å². The SMILES string of the molecule is COc1ccc(OC(C)C(=O)NCCCc2ccc(F)cc2)cc1. The molecule has 0 spiro atoms. The molecule has 4 nitrogen and oxygen atoms in total. The van der Waals surface area contributed by atoms with Crippen molar-refractivity contribution < 1.29 is 18.7 Å². The number of benzene rings is 2. The quantitative estimate of drug-likeness (QED) is 0.755. The van der Waals surface area contributed by atoms with Crippen LogP contribution in [0.5, 0.6) is 11.5 Å². The van der Waals surface area contributed by atoms with E-state index in [0.29, 0.717) is 12.3 Å². The standard InChI is InChI=1S/C19H22FNO3/c1-14(24-18-11-9-17(23-2)10-12-18)19(22)21-13-3-4-15-5-7-16(20)8-6-15/h5-12,14H,3-4,13H2,1-2H3,(H,21,22). The van der Waals surface area contributed by atoms with E-state index in [-0.39, 0.29) is 11.7 Å². The molecule has 1 N–H and O–H groups in total. The van der Waals surface area contributed by atoms with Gasteiger partial charge in [0, 0.05) is 6.54 Å². The van der Waals surface area contributed by atoms with Gasteiger partial charge in [0.2, 0.25) is 0 Å². The summed E-state index contributed by atoms with van der Waals surface area (Å²) < 4.78 is 23.5. The highest BCUT2D eigenvalue weighted by Gasteiger charge is 2.13. The molecule has 24 heavy (non-hydrogen) atoms. The van der Waals surface area contributed by atoms with E-state index in [4.69, 9.17) is 9.47 Å². The molecule has 0 aliphatic heterocycles. The normalized spacial score (nSPS) is 11.6. The summed E-state index contributed by atoms with van der Waals surface area (Å²) in [5, 5.41) is 2.84. The lowest BCUT2D eigenvalue weighted by Crippen LogP contribution is -2.36. The van der Waals surface area contributed by atoms with Crippen molar-refractivity contribution in [1.82, 2.24) is 5.32 Å². The van der Waals surface area contributed by atoms with E-state index in [2.05, 4.69) is 5.32 Å². The highest BCUT2D eigenvalue weighted by molar-refractivity contribution is 5.80. The lowest BCUT2D eigenvalue weighted by molar-refractivity contribution is -0.127. The van der Waals surface area contributed by atoms with Crippen molar-refractivity contribution in [2.24, 2.45) is 0 Å². The van der Waals surface area contributed by atoms with Crippen LogP contribution in [0.25, 0.3) is 0 Å². The highest BCUT2D eigenvalue weighted by atomic mass is 19.1. The van der Waals surface area contributed by atoms with Crippen molar-refractivity contribution in [3.8, 4) is 11.5 Å². The third-order valence-electron chi connectivity index (χ3n) is 3.60. The minimum absolute atomic E-state index is 0.162. The van der Waals surface area contributed by atoms with E-state index in [1.54, 1.807) is 50.4 Å². The van der Waals surface area contributed by atoms with Gasteiger partial charge < -0.3 is 14.8 Å². The van der Waals surface area contributed by atoms with Crippen LogP contribution in [0.2, 0.25) is 0 Å². The molecule has 0 aliphatic carbocycles. The highest BCUT2D eigenvalue weighted by Crippen LogP contribution is 2.18. The number of nitrogens with one attached hydrogen (secondary N) is 1. The van der Waals surface area contributed by atoms with E-state index in [1.807, 2.05) is 0 Å². The van der Waals surface area contributed by atoms with Crippen LogP contribution in [-0.2, 0) is 11.2 Å². The molecule has 0 aliphatic rings. The van der Waals surface area contributed by atoms with Gasteiger partial charge in [0.05, 0.1) is 7.11 Å². The van der Waals surface area contributed by atoms with Gasteiger partial charge in [-0.3, -0.25) is 4.79 Å². The molecule has 0 saturated carbocycles. The summed E-state index contributed by atoms with van der Waals surface area (Å²) in [4.78, 5) is 12.0. The lowest BCUT2D eigenvalue weighted by atomic mass is 10.1. The Hall–Kier alpha value is -2.56. The van der Waals surface area contributed by atoms with E-state index in [1.165, 1.54) is 12.1 Å². The number of ether oxygens (including phenoxy) is 2. The number of methoxy groups -OCH3 is 1. The van der Waals surface area contributed by atoms with Crippen molar-refractivity contribution in [2.45, 2.75) is 25.9 Å². The van der Waals surface area contributed by atoms with Gasteiger partial charge in [-0.1, -0.05) is 12.1 Å². The first-order valence-electron chi connectivity index (χ1n) is 7.91. The minimum Gasteiger partial charge on any atom is -0.497 e. The third kappa shape index (κ3) is 5.57. The summed E-state index contributed by atoms with van der Waals surface area (Å²) in [6.07, 6.45) is 0.991. The van der Waals surface area contributed by atoms with Gasteiger partial charge in [0.15, 0.2) is 6.10 Å². The molecule has 2 rings (SSSR count). The van der Waals surface area contributed by atoms with Crippen LogP contribution in [-0.4, -0.2) is 25.7 Å². The van der Waals surface area contributed by atoms with E-state index < -0.39 is 6.10 Å². The molecule has 0 heterocycles. The molecule has 2 aromatic rings. The van der Waals surface area contributed by atoms with Gasteiger partial charge in [-0.2, -0.15) is 0 Å². The van der Waals surface area contributed by atoms with Gasteiger partial charge in [0.25, 0.3) is 5.91 Å². The molecule has 1 unspecified atom stereocenters. The first-order valence-corrected chi connectivity index (χ1v) is 7.91. The van der Waals surface area contributed by atoms with Crippen LogP contribution < -0.4 is 14.8 Å². The van der Waals surface area contributed by atoms with Gasteiger partial charge >= 0.3 is 0 Å². The molecule has 0 radical (unpaired) electrons. The zero-order valence-electron chi connectivity index (χ0n) is 13.9. The summed E-state index contributed by atoms with van der Waals surface area (Å²) in [7, 11) is 1.60. The second-order valence-corrected chi connectivity index (χ2v) is 5.46. The molecule has 5 heteroatoms. The number of hydrogen-bond donors (Lipinski definition) is 1. The van der Waals surface area contributed by atoms with E-state index in [0.717, 1.165) is 24.2 Å². The van der Waals surface area contributed by atoms with Crippen LogP contribution in [0.4, 0.5) is 4.39 Å². The Bertz CT molecular complexity index is 641. The summed E-state index contributed by atoms with van der Waals surface area (Å²) in [5.41, 5.74) is 1.05.